The molecule has 0 atom stereocenters. The highest BCUT2D eigenvalue weighted by Gasteiger charge is 2.27. The van der Waals surface area contributed by atoms with Crippen LogP contribution >= 0.6 is 0 Å². The zero-order valence-electron chi connectivity index (χ0n) is 15.4. The van der Waals surface area contributed by atoms with Crippen LogP contribution in [0.1, 0.15) is 37.4 Å². The molecule has 1 amide bonds. The van der Waals surface area contributed by atoms with E-state index >= 15 is 0 Å². The van der Waals surface area contributed by atoms with Crippen LogP contribution in [0, 0.1) is 5.82 Å². The summed E-state index contributed by atoms with van der Waals surface area (Å²) in [5.74, 6) is 1.45. The first-order valence-corrected chi connectivity index (χ1v) is 9.50. The van der Waals surface area contributed by atoms with Crippen LogP contribution in [-0.4, -0.2) is 40.4 Å². The second-order valence-corrected chi connectivity index (χ2v) is 6.92. The Hall–Kier alpha value is -2.70. The molecule has 6 nitrogen and oxygen atoms in total. The Bertz CT molecular complexity index is 835. The Morgan fingerprint density at radius 1 is 1.15 bits per heavy atom. The monoisotopic (exact) mass is 370 g/mol. The van der Waals surface area contributed by atoms with Crippen molar-refractivity contribution >= 4 is 11.9 Å². The number of halogens is 1. The van der Waals surface area contributed by atoms with E-state index in [1.807, 2.05) is 11.8 Å². The van der Waals surface area contributed by atoms with Gasteiger partial charge in [0.2, 0.25) is 17.7 Å². The number of rotatable bonds is 4. The van der Waals surface area contributed by atoms with E-state index in [9.17, 15) is 9.18 Å². The molecule has 2 aliphatic rings. The molecular formula is C20H23FN4O2. The molecule has 0 N–H and O–H groups in total. The van der Waals surface area contributed by atoms with Gasteiger partial charge in [0, 0.05) is 32.5 Å². The standard InChI is InChI=1S/C20H23FN4O2/c1-2-18(26)25-12-9-17-16(13-25)19(27-15-7-5-14(21)6-8-15)23-20(22-17)24-10-3-4-11-24/h5-8H,2-4,9-13H2,1H3. The van der Waals surface area contributed by atoms with Gasteiger partial charge in [-0.25, -0.2) is 9.37 Å². The Morgan fingerprint density at radius 3 is 2.59 bits per heavy atom. The van der Waals surface area contributed by atoms with E-state index < -0.39 is 0 Å². The molecule has 2 aliphatic heterocycles. The number of hydrogen-bond acceptors (Lipinski definition) is 5. The molecule has 0 aliphatic carbocycles. The maximum Gasteiger partial charge on any atom is 0.229 e. The molecule has 1 aromatic carbocycles. The van der Waals surface area contributed by atoms with Gasteiger partial charge in [-0.2, -0.15) is 4.98 Å². The van der Waals surface area contributed by atoms with E-state index in [0.717, 1.165) is 37.2 Å². The highest BCUT2D eigenvalue weighted by Crippen LogP contribution is 2.32. The van der Waals surface area contributed by atoms with E-state index in [-0.39, 0.29) is 11.7 Å². The molecule has 1 fully saturated rings. The van der Waals surface area contributed by atoms with Gasteiger partial charge >= 0.3 is 0 Å². The molecule has 142 valence electrons. The van der Waals surface area contributed by atoms with E-state index in [0.29, 0.717) is 43.5 Å². The van der Waals surface area contributed by atoms with Crippen LogP contribution in [0.4, 0.5) is 10.3 Å². The Labute approximate surface area is 158 Å². The minimum atomic E-state index is -0.315. The van der Waals surface area contributed by atoms with Crippen molar-refractivity contribution in [3.8, 4) is 11.6 Å². The summed E-state index contributed by atoms with van der Waals surface area (Å²) < 4.78 is 19.2. The molecule has 4 rings (SSSR count). The molecule has 7 heteroatoms. The molecule has 0 unspecified atom stereocenters. The quantitative estimate of drug-likeness (QED) is 0.826. The van der Waals surface area contributed by atoms with Gasteiger partial charge in [-0.05, 0) is 37.1 Å². The summed E-state index contributed by atoms with van der Waals surface area (Å²) in [4.78, 5) is 25.6. The summed E-state index contributed by atoms with van der Waals surface area (Å²) in [6, 6.07) is 5.88. The highest BCUT2D eigenvalue weighted by atomic mass is 19.1. The lowest BCUT2D eigenvalue weighted by molar-refractivity contribution is -0.131. The maximum atomic E-state index is 13.2. The smallest absolute Gasteiger partial charge is 0.229 e. The third-order valence-electron chi connectivity index (χ3n) is 5.08. The normalized spacial score (nSPS) is 16.4. The topological polar surface area (TPSA) is 58.6 Å². The Kier molecular flexibility index (Phi) is 4.92. The molecular weight excluding hydrogens is 347 g/mol. The van der Waals surface area contributed by atoms with Gasteiger partial charge in [0.25, 0.3) is 0 Å². The third kappa shape index (κ3) is 3.72. The number of ether oxygens (including phenoxy) is 1. The van der Waals surface area contributed by atoms with Crippen LogP contribution in [0.2, 0.25) is 0 Å². The number of amides is 1. The zero-order chi connectivity index (χ0) is 18.8. The Balaban J connectivity index is 1.70. The predicted octanol–water partition coefficient (Wildman–Crippen LogP) is 3.30. The second-order valence-electron chi connectivity index (χ2n) is 6.92. The van der Waals surface area contributed by atoms with E-state index in [1.54, 1.807) is 12.1 Å². The average Bonchev–Trinajstić information content (AvgIpc) is 3.23. The lowest BCUT2D eigenvalue weighted by Crippen LogP contribution is -2.36. The number of aromatic nitrogens is 2. The fraction of sp³-hybridized carbons (Fsp3) is 0.450. The molecule has 0 spiro atoms. The number of benzene rings is 1. The number of fused-ring (bicyclic) bond motifs is 1. The minimum Gasteiger partial charge on any atom is -0.438 e. The fourth-order valence-electron chi connectivity index (χ4n) is 3.57. The third-order valence-corrected chi connectivity index (χ3v) is 5.08. The van der Waals surface area contributed by atoms with E-state index in [4.69, 9.17) is 9.72 Å². The van der Waals surface area contributed by atoms with Crippen molar-refractivity contribution in [2.45, 2.75) is 39.2 Å². The maximum absolute atomic E-state index is 13.2. The summed E-state index contributed by atoms with van der Waals surface area (Å²) in [6.07, 6.45) is 3.42. The Morgan fingerprint density at radius 2 is 1.89 bits per heavy atom. The van der Waals surface area contributed by atoms with Gasteiger partial charge < -0.3 is 14.5 Å². The summed E-state index contributed by atoms with van der Waals surface area (Å²) in [5, 5.41) is 0. The van der Waals surface area contributed by atoms with Gasteiger partial charge in [-0.3, -0.25) is 4.79 Å². The first-order valence-electron chi connectivity index (χ1n) is 9.50. The van der Waals surface area contributed by atoms with Crippen molar-refractivity contribution in [1.29, 1.82) is 0 Å². The number of carbonyl (C=O) groups is 1. The predicted molar refractivity (Wildman–Crippen MR) is 99.4 cm³/mol. The molecule has 0 radical (unpaired) electrons. The summed E-state index contributed by atoms with van der Waals surface area (Å²) in [6.45, 7) is 4.84. The summed E-state index contributed by atoms with van der Waals surface area (Å²) in [5.41, 5.74) is 1.78. The average molecular weight is 370 g/mol. The van der Waals surface area contributed by atoms with Gasteiger partial charge in [0.05, 0.1) is 17.8 Å². The van der Waals surface area contributed by atoms with Gasteiger partial charge in [-0.15, -0.1) is 0 Å². The zero-order valence-corrected chi connectivity index (χ0v) is 15.4. The van der Waals surface area contributed by atoms with Crippen LogP contribution in [-0.2, 0) is 17.8 Å². The number of hydrogen-bond donors (Lipinski definition) is 0. The van der Waals surface area contributed by atoms with Crippen molar-refractivity contribution in [2.24, 2.45) is 0 Å². The van der Waals surface area contributed by atoms with Crippen LogP contribution in [0.15, 0.2) is 24.3 Å². The molecule has 0 bridgehead atoms. The number of nitrogens with zero attached hydrogens (tertiary/aromatic N) is 4. The lowest BCUT2D eigenvalue weighted by atomic mass is 10.1. The first kappa shape index (κ1) is 17.7. The largest absolute Gasteiger partial charge is 0.438 e. The fourth-order valence-corrected chi connectivity index (χ4v) is 3.57. The van der Waals surface area contributed by atoms with Crippen LogP contribution in [0.25, 0.3) is 0 Å². The summed E-state index contributed by atoms with van der Waals surface area (Å²) in [7, 11) is 0. The minimum absolute atomic E-state index is 0.108. The molecule has 27 heavy (non-hydrogen) atoms. The van der Waals surface area contributed by atoms with Crippen LogP contribution in [0.3, 0.4) is 0 Å². The van der Waals surface area contributed by atoms with Crippen molar-refractivity contribution in [3.05, 3.63) is 41.3 Å². The van der Waals surface area contributed by atoms with E-state index in [2.05, 4.69) is 9.88 Å². The van der Waals surface area contributed by atoms with Crippen LogP contribution in [0.5, 0.6) is 11.6 Å². The summed E-state index contributed by atoms with van der Waals surface area (Å²) >= 11 is 0. The molecule has 3 heterocycles. The van der Waals surface area contributed by atoms with Crippen molar-refractivity contribution in [3.63, 3.8) is 0 Å². The lowest BCUT2D eigenvalue weighted by Gasteiger charge is -2.30. The highest BCUT2D eigenvalue weighted by molar-refractivity contribution is 5.76. The number of carbonyl (C=O) groups excluding carboxylic acids is 1. The SMILES string of the molecule is CCC(=O)N1CCc2nc(N3CCCC3)nc(Oc3ccc(F)cc3)c2C1. The van der Waals surface area contributed by atoms with Crippen LogP contribution < -0.4 is 9.64 Å². The van der Waals surface area contributed by atoms with E-state index in [1.165, 1.54) is 12.1 Å². The molecule has 1 saturated heterocycles. The van der Waals surface area contributed by atoms with Crippen molar-refractivity contribution < 1.29 is 13.9 Å². The van der Waals surface area contributed by atoms with Gasteiger partial charge in [-0.1, -0.05) is 6.92 Å². The van der Waals surface area contributed by atoms with Gasteiger partial charge in [0.15, 0.2) is 0 Å². The van der Waals surface area contributed by atoms with Crippen molar-refractivity contribution in [2.75, 3.05) is 24.5 Å². The first-order chi connectivity index (χ1) is 13.1. The molecule has 0 saturated carbocycles. The van der Waals surface area contributed by atoms with Gasteiger partial charge in [0.1, 0.15) is 11.6 Å². The molecule has 1 aromatic heterocycles. The van der Waals surface area contributed by atoms with Crippen molar-refractivity contribution in [1.82, 2.24) is 14.9 Å². The second kappa shape index (κ2) is 7.50. The number of anilines is 1. The molecule has 2 aromatic rings.